The number of carbonyl (C=O) groups excluding carboxylic acids is 1. The molecular formula is C15H12Cl2N2O. The molecule has 0 fully saturated rings. The second kappa shape index (κ2) is 8.34. The van der Waals surface area contributed by atoms with Gasteiger partial charge in [-0.05, 0) is 29.8 Å². The maximum atomic E-state index is 10.1. The Labute approximate surface area is 127 Å². The molecule has 0 amide bonds. The van der Waals surface area contributed by atoms with Gasteiger partial charge in [-0.15, -0.1) is 0 Å². The Morgan fingerprint density at radius 2 is 1.70 bits per heavy atom. The topological polar surface area (TPSA) is 66.9 Å². The van der Waals surface area contributed by atoms with Crippen LogP contribution in [0.2, 0.25) is 10.0 Å². The number of halogens is 2. The van der Waals surface area contributed by atoms with Crippen molar-refractivity contribution in [3.05, 3.63) is 69.7 Å². The Morgan fingerprint density at radius 3 is 2.15 bits per heavy atom. The van der Waals surface area contributed by atoms with Crippen molar-refractivity contribution >= 4 is 29.5 Å². The number of carbonyl (C=O) groups is 1. The predicted molar refractivity (Wildman–Crippen MR) is 80.8 cm³/mol. The van der Waals surface area contributed by atoms with Gasteiger partial charge in [0.2, 0.25) is 0 Å². The molecule has 0 saturated carbocycles. The fourth-order valence-corrected chi connectivity index (χ4v) is 1.75. The first-order valence-corrected chi connectivity index (χ1v) is 6.44. The zero-order chi connectivity index (χ0) is 15.0. The van der Waals surface area contributed by atoms with E-state index in [1.165, 1.54) is 0 Å². The van der Waals surface area contributed by atoms with Gasteiger partial charge in [-0.25, -0.2) is 0 Å². The smallest absolute Gasteiger partial charge is 0.150 e. The van der Waals surface area contributed by atoms with E-state index in [-0.39, 0.29) is 0 Å². The first-order valence-electron chi connectivity index (χ1n) is 5.68. The second-order valence-electron chi connectivity index (χ2n) is 3.83. The number of rotatable bonds is 2. The minimum Gasteiger partial charge on any atom is -0.312 e. The van der Waals surface area contributed by atoms with Crippen LogP contribution in [0.25, 0.3) is 0 Å². The highest BCUT2D eigenvalue weighted by Gasteiger charge is 2.02. The number of nitrogens with zero attached hydrogens (tertiary/aromatic N) is 1. The third-order valence-corrected chi connectivity index (χ3v) is 2.80. The summed E-state index contributed by atoms with van der Waals surface area (Å²) in [5, 5.41) is 9.66. The summed E-state index contributed by atoms with van der Waals surface area (Å²) in [6, 6.07) is 15.1. The molecule has 2 rings (SSSR count). The lowest BCUT2D eigenvalue weighted by molar-refractivity contribution is 0.112. The number of nitrogens with two attached hydrogens (primary N) is 1. The van der Waals surface area contributed by atoms with E-state index in [0.29, 0.717) is 15.6 Å². The van der Waals surface area contributed by atoms with Crippen molar-refractivity contribution in [3.63, 3.8) is 0 Å². The van der Waals surface area contributed by atoms with Crippen molar-refractivity contribution in [2.24, 2.45) is 5.73 Å². The van der Waals surface area contributed by atoms with E-state index in [9.17, 15) is 4.79 Å². The van der Waals surface area contributed by atoms with Crippen molar-refractivity contribution < 1.29 is 4.79 Å². The largest absolute Gasteiger partial charge is 0.312 e. The van der Waals surface area contributed by atoms with E-state index in [0.717, 1.165) is 11.8 Å². The fraction of sp³-hybridized carbons (Fsp3) is 0.0667. The lowest BCUT2D eigenvalue weighted by Crippen LogP contribution is -2.06. The summed E-state index contributed by atoms with van der Waals surface area (Å²) in [4.78, 5) is 10.1. The lowest BCUT2D eigenvalue weighted by Gasteiger charge is -2.01. The van der Waals surface area contributed by atoms with Crippen LogP contribution in [0.15, 0.2) is 48.5 Å². The monoisotopic (exact) mass is 306 g/mol. The Bertz CT molecular complexity index is 623. The van der Waals surface area contributed by atoms with Crippen LogP contribution in [0.1, 0.15) is 22.0 Å². The molecule has 20 heavy (non-hydrogen) atoms. The molecule has 0 radical (unpaired) electrons. The third-order valence-electron chi connectivity index (χ3n) is 2.33. The Morgan fingerprint density at radius 1 is 1.10 bits per heavy atom. The van der Waals surface area contributed by atoms with Crippen molar-refractivity contribution in [1.82, 2.24) is 0 Å². The third kappa shape index (κ3) is 5.41. The number of hydrogen-bond donors (Lipinski definition) is 1. The maximum absolute atomic E-state index is 10.1. The van der Waals surface area contributed by atoms with Gasteiger partial charge in [-0.2, -0.15) is 5.26 Å². The van der Waals surface area contributed by atoms with Crippen LogP contribution < -0.4 is 5.73 Å². The van der Waals surface area contributed by atoms with Crippen molar-refractivity contribution in [2.75, 3.05) is 0 Å². The molecule has 0 aliphatic carbocycles. The summed E-state index contributed by atoms with van der Waals surface area (Å²) in [7, 11) is 0. The summed E-state index contributed by atoms with van der Waals surface area (Å²) in [6.45, 7) is 0. The second-order valence-corrected chi connectivity index (χ2v) is 4.71. The van der Waals surface area contributed by atoms with Crippen LogP contribution in [0.3, 0.4) is 0 Å². The fourth-order valence-electron chi connectivity index (χ4n) is 1.35. The van der Waals surface area contributed by atoms with E-state index in [1.807, 2.05) is 6.07 Å². The quantitative estimate of drug-likeness (QED) is 0.852. The molecular weight excluding hydrogens is 295 g/mol. The van der Waals surface area contributed by atoms with E-state index in [1.54, 1.807) is 48.5 Å². The average molecular weight is 307 g/mol. The molecule has 0 heterocycles. The molecule has 0 aliphatic rings. The maximum Gasteiger partial charge on any atom is 0.150 e. The van der Waals surface area contributed by atoms with Gasteiger partial charge in [0.05, 0.1) is 6.07 Å². The Kier molecular flexibility index (Phi) is 6.75. The highest BCUT2D eigenvalue weighted by molar-refractivity contribution is 6.31. The van der Waals surface area contributed by atoms with E-state index < -0.39 is 6.04 Å². The van der Waals surface area contributed by atoms with Crippen LogP contribution in [-0.4, -0.2) is 6.29 Å². The van der Waals surface area contributed by atoms with Crippen LogP contribution in [-0.2, 0) is 0 Å². The van der Waals surface area contributed by atoms with Crippen LogP contribution in [0, 0.1) is 11.3 Å². The van der Waals surface area contributed by atoms with Crippen LogP contribution >= 0.6 is 23.2 Å². The SMILES string of the molecule is N#CC(N)c1cccc(Cl)c1.O=Cc1cccc(Cl)c1. The minimum absolute atomic E-state index is 0.575. The molecule has 0 bridgehead atoms. The van der Waals surface area contributed by atoms with Gasteiger partial charge in [0, 0.05) is 15.6 Å². The summed E-state index contributed by atoms with van der Waals surface area (Å²) in [6.07, 6.45) is 0.770. The van der Waals surface area contributed by atoms with Gasteiger partial charge < -0.3 is 5.73 Å². The predicted octanol–water partition coefficient (Wildman–Crippen LogP) is 4.02. The van der Waals surface area contributed by atoms with E-state index in [4.69, 9.17) is 34.2 Å². The van der Waals surface area contributed by atoms with Crippen LogP contribution in [0.5, 0.6) is 0 Å². The first-order chi connectivity index (χ1) is 9.56. The Balaban J connectivity index is 0.000000204. The van der Waals surface area contributed by atoms with Gasteiger partial charge in [-0.1, -0.05) is 47.5 Å². The molecule has 3 nitrogen and oxygen atoms in total. The van der Waals surface area contributed by atoms with Crippen molar-refractivity contribution in [2.45, 2.75) is 6.04 Å². The standard InChI is InChI=1S/C8H7ClN2.C7H5ClO/c9-7-3-1-2-6(4-7)8(11)5-10;8-7-3-1-2-6(4-7)5-9/h1-4,8H,11H2;1-5H. The zero-order valence-electron chi connectivity index (χ0n) is 10.5. The number of nitriles is 1. The summed E-state index contributed by atoms with van der Waals surface area (Å²) < 4.78 is 0. The first kappa shape index (κ1) is 16.2. The molecule has 2 N–H and O–H groups in total. The van der Waals surface area contributed by atoms with Crippen molar-refractivity contribution in [1.29, 1.82) is 5.26 Å². The van der Waals surface area contributed by atoms with Gasteiger partial charge >= 0.3 is 0 Å². The average Bonchev–Trinajstić information content (AvgIpc) is 2.47. The zero-order valence-corrected chi connectivity index (χ0v) is 12.0. The Hall–Kier alpha value is -1.86. The normalized spacial score (nSPS) is 10.7. The molecule has 1 unspecified atom stereocenters. The molecule has 5 heteroatoms. The van der Waals surface area contributed by atoms with Crippen molar-refractivity contribution in [3.8, 4) is 6.07 Å². The molecule has 2 aromatic rings. The van der Waals surface area contributed by atoms with Crippen LogP contribution in [0.4, 0.5) is 0 Å². The van der Waals surface area contributed by atoms with E-state index in [2.05, 4.69) is 0 Å². The van der Waals surface area contributed by atoms with Gasteiger partial charge in [0.25, 0.3) is 0 Å². The number of hydrogen-bond acceptors (Lipinski definition) is 3. The molecule has 2 aromatic carbocycles. The minimum atomic E-state index is -0.575. The summed E-state index contributed by atoms with van der Waals surface area (Å²) in [5.74, 6) is 0. The van der Waals surface area contributed by atoms with Gasteiger partial charge in [0.15, 0.2) is 0 Å². The molecule has 0 aromatic heterocycles. The van der Waals surface area contributed by atoms with Gasteiger partial charge in [-0.3, -0.25) is 4.79 Å². The van der Waals surface area contributed by atoms with Gasteiger partial charge in [0.1, 0.15) is 12.3 Å². The van der Waals surface area contributed by atoms with E-state index >= 15 is 0 Å². The summed E-state index contributed by atoms with van der Waals surface area (Å²) >= 11 is 11.2. The molecule has 0 aliphatic heterocycles. The summed E-state index contributed by atoms with van der Waals surface area (Å²) in [5.41, 5.74) is 6.81. The molecule has 1 atom stereocenters. The number of aldehydes is 1. The molecule has 0 spiro atoms. The lowest BCUT2D eigenvalue weighted by atomic mass is 10.1. The molecule has 0 saturated heterocycles. The highest BCUT2D eigenvalue weighted by atomic mass is 35.5. The number of benzene rings is 2. The molecule has 102 valence electrons. The highest BCUT2D eigenvalue weighted by Crippen LogP contribution is 2.14.